The summed E-state index contributed by atoms with van der Waals surface area (Å²) in [6.45, 7) is 2.03. The lowest BCUT2D eigenvalue weighted by Crippen LogP contribution is -1.90. The molecule has 1 aromatic carbocycles. The molecule has 0 bridgehead atoms. The monoisotopic (exact) mass is 187 g/mol. The molecule has 0 amide bonds. The Morgan fingerprint density at radius 3 is 2.71 bits per heavy atom. The molecule has 3 nitrogen and oxygen atoms in total. The van der Waals surface area contributed by atoms with Gasteiger partial charge in [-0.15, -0.1) is 0 Å². The van der Waals surface area contributed by atoms with Crippen LogP contribution in [0.3, 0.4) is 0 Å². The highest BCUT2D eigenvalue weighted by Crippen LogP contribution is 2.25. The third kappa shape index (κ3) is 1.48. The molecule has 1 aromatic heterocycles. The van der Waals surface area contributed by atoms with Gasteiger partial charge in [-0.1, -0.05) is 12.1 Å². The molecule has 0 aliphatic heterocycles. The summed E-state index contributed by atoms with van der Waals surface area (Å²) in [5.74, 6) is 0. The minimum Gasteiger partial charge on any atom is -0.398 e. The molecular weight excluding hydrogens is 174 g/mol. The van der Waals surface area contributed by atoms with E-state index in [1.54, 1.807) is 4.68 Å². The summed E-state index contributed by atoms with van der Waals surface area (Å²) in [7, 11) is 1.90. The van der Waals surface area contributed by atoms with E-state index < -0.39 is 0 Å². The van der Waals surface area contributed by atoms with Gasteiger partial charge in [0.15, 0.2) is 0 Å². The summed E-state index contributed by atoms with van der Waals surface area (Å²) in [6.07, 6.45) is 3.78. The van der Waals surface area contributed by atoms with E-state index in [9.17, 15) is 0 Å². The third-order valence-electron chi connectivity index (χ3n) is 2.22. The van der Waals surface area contributed by atoms with Crippen molar-refractivity contribution in [1.29, 1.82) is 0 Å². The van der Waals surface area contributed by atoms with E-state index in [4.69, 9.17) is 5.73 Å². The van der Waals surface area contributed by atoms with Gasteiger partial charge < -0.3 is 5.73 Å². The lowest BCUT2D eigenvalue weighted by atomic mass is 10.1. The minimum atomic E-state index is 0.804. The number of nitrogens with two attached hydrogens (primary N) is 1. The highest BCUT2D eigenvalue weighted by Gasteiger charge is 2.03. The predicted molar refractivity (Wildman–Crippen MR) is 57.8 cm³/mol. The van der Waals surface area contributed by atoms with Crippen molar-refractivity contribution in [2.75, 3.05) is 5.73 Å². The molecule has 0 saturated carbocycles. The van der Waals surface area contributed by atoms with Gasteiger partial charge in [0, 0.05) is 30.1 Å². The smallest absolute Gasteiger partial charge is 0.0568 e. The van der Waals surface area contributed by atoms with E-state index in [1.165, 1.54) is 5.56 Å². The number of hydrogen-bond donors (Lipinski definition) is 1. The highest BCUT2D eigenvalue weighted by atomic mass is 15.2. The summed E-state index contributed by atoms with van der Waals surface area (Å²) in [5.41, 5.74) is 10.0. The molecular formula is C11H13N3. The summed E-state index contributed by atoms with van der Waals surface area (Å²) in [4.78, 5) is 0. The normalized spacial score (nSPS) is 10.4. The van der Waals surface area contributed by atoms with Gasteiger partial charge in [-0.2, -0.15) is 5.10 Å². The van der Waals surface area contributed by atoms with E-state index in [2.05, 4.69) is 11.2 Å². The third-order valence-corrected chi connectivity index (χ3v) is 2.22. The average Bonchev–Trinajstić information content (AvgIpc) is 2.51. The zero-order valence-corrected chi connectivity index (χ0v) is 8.36. The van der Waals surface area contributed by atoms with Crippen molar-refractivity contribution in [2.24, 2.45) is 7.05 Å². The second-order valence-electron chi connectivity index (χ2n) is 3.49. The van der Waals surface area contributed by atoms with Crippen molar-refractivity contribution in [2.45, 2.75) is 6.92 Å². The molecule has 0 aliphatic carbocycles. The number of nitrogen functional groups attached to an aromatic ring is 1. The van der Waals surface area contributed by atoms with Crippen LogP contribution >= 0.6 is 0 Å². The lowest BCUT2D eigenvalue weighted by molar-refractivity contribution is 0.768. The standard InChI is InChI=1S/C11H13N3/c1-8-3-4-10(11(12)5-8)9-6-13-14(2)7-9/h3-7H,12H2,1-2H3. The number of anilines is 1. The van der Waals surface area contributed by atoms with Gasteiger partial charge in [-0.3, -0.25) is 4.68 Å². The van der Waals surface area contributed by atoms with Crippen molar-refractivity contribution in [3.05, 3.63) is 36.2 Å². The predicted octanol–water partition coefficient (Wildman–Crippen LogP) is 1.98. The molecule has 3 heteroatoms. The second kappa shape index (κ2) is 3.18. The molecule has 1 heterocycles. The maximum atomic E-state index is 5.93. The second-order valence-corrected chi connectivity index (χ2v) is 3.49. The maximum Gasteiger partial charge on any atom is 0.0568 e. The number of nitrogens with zero attached hydrogens (tertiary/aromatic N) is 2. The van der Waals surface area contributed by atoms with Crippen molar-refractivity contribution < 1.29 is 0 Å². The summed E-state index contributed by atoms with van der Waals surface area (Å²) < 4.78 is 1.77. The Morgan fingerprint density at radius 1 is 1.36 bits per heavy atom. The topological polar surface area (TPSA) is 43.8 Å². The van der Waals surface area contributed by atoms with Crippen LogP contribution in [0.5, 0.6) is 0 Å². The van der Waals surface area contributed by atoms with Crippen LogP contribution in [0, 0.1) is 6.92 Å². The van der Waals surface area contributed by atoms with Gasteiger partial charge in [0.1, 0.15) is 0 Å². The first kappa shape index (κ1) is 8.81. The van der Waals surface area contributed by atoms with Crippen molar-refractivity contribution in [3.8, 4) is 11.1 Å². The Balaban J connectivity index is 2.52. The van der Waals surface area contributed by atoms with E-state index >= 15 is 0 Å². The molecule has 0 spiro atoms. The lowest BCUT2D eigenvalue weighted by Gasteiger charge is -2.03. The SMILES string of the molecule is Cc1ccc(-c2cnn(C)c2)c(N)c1. The Bertz CT molecular complexity index is 457. The fourth-order valence-corrected chi connectivity index (χ4v) is 1.51. The first-order valence-corrected chi connectivity index (χ1v) is 4.52. The fraction of sp³-hybridized carbons (Fsp3) is 0.182. The minimum absolute atomic E-state index is 0.804. The number of hydrogen-bond acceptors (Lipinski definition) is 2. The molecule has 0 atom stereocenters. The summed E-state index contributed by atoms with van der Waals surface area (Å²) in [6, 6.07) is 6.06. The Kier molecular flexibility index (Phi) is 2.00. The molecule has 72 valence electrons. The number of rotatable bonds is 1. The summed E-state index contributed by atoms with van der Waals surface area (Å²) >= 11 is 0. The van der Waals surface area contributed by atoms with Crippen LogP contribution in [0.1, 0.15) is 5.56 Å². The maximum absolute atomic E-state index is 5.93. The number of benzene rings is 1. The van der Waals surface area contributed by atoms with E-state index in [-0.39, 0.29) is 0 Å². The van der Waals surface area contributed by atoms with Gasteiger partial charge >= 0.3 is 0 Å². The fourth-order valence-electron chi connectivity index (χ4n) is 1.51. The molecule has 0 saturated heterocycles. The first-order chi connectivity index (χ1) is 6.66. The molecule has 0 aliphatic rings. The van der Waals surface area contributed by atoms with Gasteiger partial charge in [0.25, 0.3) is 0 Å². The van der Waals surface area contributed by atoms with Gasteiger partial charge in [0.2, 0.25) is 0 Å². The van der Waals surface area contributed by atoms with Gasteiger partial charge in [0.05, 0.1) is 6.20 Å². The first-order valence-electron chi connectivity index (χ1n) is 4.52. The van der Waals surface area contributed by atoms with Crippen LogP contribution in [-0.4, -0.2) is 9.78 Å². The quantitative estimate of drug-likeness (QED) is 0.694. The van der Waals surface area contributed by atoms with Gasteiger partial charge in [-0.25, -0.2) is 0 Å². The van der Waals surface area contributed by atoms with Gasteiger partial charge in [-0.05, 0) is 18.6 Å². The number of aromatic nitrogens is 2. The van der Waals surface area contributed by atoms with E-state index in [0.29, 0.717) is 0 Å². The molecule has 2 aromatic rings. The van der Waals surface area contributed by atoms with Crippen molar-refractivity contribution in [3.63, 3.8) is 0 Å². The summed E-state index contributed by atoms with van der Waals surface area (Å²) in [5, 5.41) is 4.12. The highest BCUT2D eigenvalue weighted by molar-refractivity contribution is 5.75. The largest absolute Gasteiger partial charge is 0.398 e. The van der Waals surface area contributed by atoms with Crippen molar-refractivity contribution >= 4 is 5.69 Å². The molecule has 14 heavy (non-hydrogen) atoms. The molecule has 2 N–H and O–H groups in total. The van der Waals surface area contributed by atoms with Crippen LogP contribution in [0.2, 0.25) is 0 Å². The molecule has 0 radical (unpaired) electrons. The Morgan fingerprint density at radius 2 is 2.14 bits per heavy atom. The van der Waals surface area contributed by atoms with Crippen LogP contribution < -0.4 is 5.73 Å². The van der Waals surface area contributed by atoms with E-state index in [0.717, 1.165) is 16.8 Å². The average molecular weight is 187 g/mol. The Hall–Kier alpha value is -1.77. The van der Waals surface area contributed by atoms with Crippen LogP contribution in [0.4, 0.5) is 5.69 Å². The van der Waals surface area contributed by atoms with Crippen LogP contribution in [0.15, 0.2) is 30.6 Å². The van der Waals surface area contributed by atoms with E-state index in [1.807, 2.05) is 38.5 Å². The zero-order valence-electron chi connectivity index (χ0n) is 8.36. The zero-order chi connectivity index (χ0) is 10.1. The van der Waals surface area contributed by atoms with Crippen LogP contribution in [-0.2, 0) is 7.05 Å². The van der Waals surface area contributed by atoms with Crippen LogP contribution in [0.25, 0.3) is 11.1 Å². The molecule has 0 fully saturated rings. The molecule has 0 unspecified atom stereocenters. The number of aryl methyl sites for hydroxylation is 2. The molecule has 2 rings (SSSR count). The Labute approximate surface area is 83.2 Å². The van der Waals surface area contributed by atoms with Crippen molar-refractivity contribution in [1.82, 2.24) is 9.78 Å².